The number of nitrogens with one attached hydrogen (secondary N) is 2. The Hall–Kier alpha value is -5.31. The third kappa shape index (κ3) is 6.38. The van der Waals surface area contributed by atoms with Crippen molar-refractivity contribution in [2.45, 2.75) is 38.1 Å². The maximum atomic E-state index is 14.3. The van der Waals surface area contributed by atoms with Crippen LogP contribution in [0.15, 0.2) is 48.8 Å². The molecular weight excluding hydrogens is 611 g/mol. The Morgan fingerprint density at radius 1 is 1.09 bits per heavy atom. The highest BCUT2D eigenvalue weighted by molar-refractivity contribution is 6.10. The van der Waals surface area contributed by atoms with Gasteiger partial charge in [-0.05, 0) is 77.6 Å². The molecule has 0 atom stereocenters. The van der Waals surface area contributed by atoms with Crippen molar-refractivity contribution in [2.24, 2.45) is 13.0 Å². The lowest BCUT2D eigenvalue weighted by Crippen LogP contribution is -2.35. The number of carbonyl (C=O) groups excluding carboxylic acids is 1. The Morgan fingerprint density at radius 3 is 2.57 bits per heavy atom. The molecule has 6 rings (SSSR count). The maximum absolute atomic E-state index is 14.3. The van der Waals surface area contributed by atoms with Crippen molar-refractivity contribution in [3.05, 3.63) is 76.6 Å². The van der Waals surface area contributed by atoms with Crippen LogP contribution < -0.4 is 15.5 Å². The number of aromatic nitrogens is 4. The number of pyridine rings is 1. The summed E-state index contributed by atoms with van der Waals surface area (Å²) in [7, 11) is 3.31. The van der Waals surface area contributed by atoms with E-state index in [9.17, 15) is 28.5 Å². The molecule has 14 heteroatoms. The van der Waals surface area contributed by atoms with Crippen molar-refractivity contribution in [2.75, 3.05) is 30.5 Å². The molecule has 47 heavy (non-hydrogen) atoms. The molecular formula is C33H30F3N9O2. The number of benzene rings is 2. The summed E-state index contributed by atoms with van der Waals surface area (Å²) in [6.45, 7) is 0.612. The molecule has 2 N–H and O–H groups in total. The number of fused-ring (bicyclic) bond motifs is 1. The van der Waals surface area contributed by atoms with Crippen LogP contribution in [-0.2, 0) is 31.1 Å². The van der Waals surface area contributed by atoms with Gasteiger partial charge in [-0.25, -0.2) is 4.98 Å². The van der Waals surface area contributed by atoms with Gasteiger partial charge in [-0.1, -0.05) is 0 Å². The molecule has 1 aliphatic heterocycles. The summed E-state index contributed by atoms with van der Waals surface area (Å²) >= 11 is 0. The maximum Gasteiger partial charge on any atom is 0.416 e. The Labute approximate surface area is 268 Å². The van der Waals surface area contributed by atoms with Crippen LogP contribution in [0.4, 0.5) is 24.8 Å². The van der Waals surface area contributed by atoms with E-state index in [1.165, 1.54) is 18.1 Å². The molecule has 0 unspecified atom stereocenters. The van der Waals surface area contributed by atoms with Crippen LogP contribution in [0, 0.1) is 28.6 Å². The molecule has 1 amide bonds. The lowest BCUT2D eigenvalue weighted by molar-refractivity contribution is -0.138. The molecule has 2 aliphatic rings. The summed E-state index contributed by atoms with van der Waals surface area (Å²) in [6, 6.07) is 15.4. The lowest BCUT2D eigenvalue weighted by Gasteiger charge is -2.32. The van der Waals surface area contributed by atoms with E-state index in [0.717, 1.165) is 6.07 Å². The van der Waals surface area contributed by atoms with E-state index in [1.54, 1.807) is 48.3 Å². The van der Waals surface area contributed by atoms with E-state index in [-0.39, 0.29) is 42.0 Å². The first-order valence-corrected chi connectivity index (χ1v) is 14.9. The first-order valence-electron chi connectivity index (χ1n) is 14.9. The number of aryl methyl sites for hydroxylation is 1. The molecule has 0 spiro atoms. The molecule has 11 nitrogen and oxygen atoms in total. The summed E-state index contributed by atoms with van der Waals surface area (Å²) in [5, 5.41) is 33.6. The topological polar surface area (TPSA) is 145 Å². The van der Waals surface area contributed by atoms with Gasteiger partial charge in [0.1, 0.15) is 18.0 Å². The van der Waals surface area contributed by atoms with Gasteiger partial charge in [0.25, 0.3) is 5.91 Å². The Kier molecular flexibility index (Phi) is 8.64. The van der Waals surface area contributed by atoms with Crippen LogP contribution in [0.5, 0.6) is 0 Å². The van der Waals surface area contributed by atoms with Gasteiger partial charge in [-0.2, -0.15) is 23.7 Å². The largest absolute Gasteiger partial charge is 0.416 e. The van der Waals surface area contributed by atoms with Crippen molar-refractivity contribution in [1.29, 1.82) is 10.5 Å². The van der Waals surface area contributed by atoms with Gasteiger partial charge >= 0.3 is 6.18 Å². The summed E-state index contributed by atoms with van der Waals surface area (Å²) in [4.78, 5) is 19.8. The predicted molar refractivity (Wildman–Crippen MR) is 166 cm³/mol. The number of halogens is 3. The monoisotopic (exact) mass is 641 g/mol. The zero-order valence-electron chi connectivity index (χ0n) is 25.6. The fourth-order valence-corrected chi connectivity index (χ4v) is 5.92. The van der Waals surface area contributed by atoms with Crippen LogP contribution in [0.2, 0.25) is 0 Å². The van der Waals surface area contributed by atoms with E-state index in [0.29, 0.717) is 65.5 Å². The van der Waals surface area contributed by atoms with Gasteiger partial charge in [0, 0.05) is 44.4 Å². The first-order chi connectivity index (χ1) is 22.6. The lowest BCUT2D eigenvalue weighted by atomic mass is 9.81. The van der Waals surface area contributed by atoms with E-state index >= 15 is 0 Å². The Morgan fingerprint density at radius 2 is 1.89 bits per heavy atom. The van der Waals surface area contributed by atoms with Gasteiger partial charge < -0.3 is 19.9 Å². The second kappa shape index (κ2) is 12.8. The van der Waals surface area contributed by atoms with Crippen molar-refractivity contribution in [3.8, 4) is 34.7 Å². The number of hydrogen-bond acceptors (Lipinski definition) is 9. The molecule has 240 valence electrons. The van der Waals surface area contributed by atoms with E-state index in [1.807, 2.05) is 0 Å². The molecule has 3 heterocycles. The molecule has 1 aliphatic carbocycles. The van der Waals surface area contributed by atoms with E-state index in [2.05, 4.69) is 38.0 Å². The van der Waals surface area contributed by atoms with Gasteiger partial charge in [0.05, 0.1) is 42.3 Å². The molecule has 4 aromatic rings. The molecule has 1 fully saturated rings. The standard InChI is InChI=1S/C33H30F3N9O2/c1-44-18-40-43-31(44)24-4-3-19(14-37)9-25(24)22-12-29(41-23-7-20(8-23)15-38)42-30(13-22)45-17-27-26(32(45)46)10-21(16-39-5-6-47-2)11-28(27)33(34,35)36/h3-4,9-13,18,20,23,39H,5-8,16-17H2,1-2H3,(H,41,42)/t20-,23+. The molecule has 0 saturated heterocycles. The second-order valence-corrected chi connectivity index (χ2v) is 11.6. The minimum atomic E-state index is -4.69. The minimum Gasteiger partial charge on any atom is -0.383 e. The van der Waals surface area contributed by atoms with Crippen LogP contribution in [0.25, 0.3) is 22.5 Å². The van der Waals surface area contributed by atoms with E-state index in [4.69, 9.17) is 4.74 Å². The van der Waals surface area contributed by atoms with Gasteiger partial charge in [0.2, 0.25) is 0 Å². The normalized spacial score (nSPS) is 17.2. The van der Waals surface area contributed by atoms with Gasteiger partial charge in [-0.15, -0.1) is 10.2 Å². The average Bonchev–Trinajstić information content (AvgIpc) is 3.62. The number of amides is 1. The number of nitriles is 2. The van der Waals surface area contributed by atoms with E-state index < -0.39 is 17.6 Å². The molecule has 2 aromatic carbocycles. The highest BCUT2D eigenvalue weighted by atomic mass is 19.4. The quantitative estimate of drug-likeness (QED) is 0.227. The third-order valence-corrected chi connectivity index (χ3v) is 8.39. The third-order valence-electron chi connectivity index (χ3n) is 8.39. The van der Waals surface area contributed by atoms with Crippen molar-refractivity contribution >= 4 is 17.5 Å². The number of alkyl halides is 3. The smallest absolute Gasteiger partial charge is 0.383 e. The highest BCUT2D eigenvalue weighted by Gasteiger charge is 2.41. The van der Waals surface area contributed by atoms with Crippen LogP contribution in [-0.4, -0.2) is 52.0 Å². The Bertz CT molecular complexity index is 1920. The average molecular weight is 642 g/mol. The molecule has 0 bridgehead atoms. The van der Waals surface area contributed by atoms with Crippen LogP contribution >= 0.6 is 0 Å². The number of methoxy groups -OCH3 is 1. The SMILES string of the molecule is COCCNCc1cc2c(c(C(F)(F)F)c1)CN(c1cc(-c3cc(C#N)ccc3-c3nncn3C)cc(N[C@H]3C[C@@H](C#N)C3)n1)C2=O. The molecule has 2 aromatic heterocycles. The zero-order chi connectivity index (χ0) is 33.3. The number of rotatable bonds is 10. The Balaban J connectivity index is 1.44. The number of hydrogen-bond donors (Lipinski definition) is 2. The number of ether oxygens (including phenoxy) is 1. The van der Waals surface area contributed by atoms with Gasteiger partial charge in [0.15, 0.2) is 5.82 Å². The summed E-state index contributed by atoms with van der Waals surface area (Å²) in [5.74, 6) is 0.361. The highest BCUT2D eigenvalue weighted by Crippen LogP contribution is 2.41. The van der Waals surface area contributed by atoms with Crippen molar-refractivity contribution in [1.82, 2.24) is 25.1 Å². The van der Waals surface area contributed by atoms with Crippen molar-refractivity contribution < 1.29 is 22.7 Å². The molecule has 0 radical (unpaired) electrons. The number of carbonyl (C=O) groups is 1. The van der Waals surface area contributed by atoms with Gasteiger partial charge in [-0.3, -0.25) is 9.69 Å². The fraction of sp³-hybridized carbons (Fsp3) is 0.333. The number of nitrogens with zero attached hydrogens (tertiary/aromatic N) is 7. The van der Waals surface area contributed by atoms with Crippen LogP contribution in [0.1, 0.15) is 45.5 Å². The first kappa shape index (κ1) is 31.7. The summed E-state index contributed by atoms with van der Waals surface area (Å²) in [5.41, 5.74) is 1.49. The number of anilines is 2. The minimum absolute atomic E-state index is 0.0350. The summed E-state index contributed by atoms with van der Waals surface area (Å²) < 4.78 is 49.8. The second-order valence-electron chi connectivity index (χ2n) is 11.6. The predicted octanol–water partition coefficient (Wildman–Crippen LogP) is 5.05. The zero-order valence-corrected chi connectivity index (χ0v) is 25.6. The fourth-order valence-electron chi connectivity index (χ4n) is 5.92. The molecule has 1 saturated carbocycles. The van der Waals surface area contributed by atoms with Crippen LogP contribution in [0.3, 0.4) is 0 Å². The summed E-state index contributed by atoms with van der Waals surface area (Å²) in [6.07, 6.45) is -1.93. The van der Waals surface area contributed by atoms with Crippen molar-refractivity contribution in [3.63, 3.8) is 0 Å².